The lowest BCUT2D eigenvalue weighted by Gasteiger charge is -2.52. The Morgan fingerprint density at radius 2 is 1.80 bits per heavy atom. The van der Waals surface area contributed by atoms with E-state index in [0.717, 1.165) is 12.8 Å². The van der Waals surface area contributed by atoms with Gasteiger partial charge in [0.1, 0.15) is 11.1 Å². The van der Waals surface area contributed by atoms with Crippen molar-refractivity contribution in [3.63, 3.8) is 0 Å². The Morgan fingerprint density at radius 1 is 1.25 bits per heavy atom. The Balaban J connectivity index is 2.40. The fourth-order valence-electron chi connectivity index (χ4n) is 3.52. The second-order valence-electron chi connectivity index (χ2n) is 6.98. The van der Waals surface area contributed by atoms with Crippen LogP contribution >= 0.6 is 0 Å². The molecule has 2 fully saturated rings. The molecule has 1 atom stereocenters. The lowest BCUT2D eigenvalue weighted by atomic mass is 9.80. The molecule has 114 valence electrons. The molecule has 1 saturated carbocycles. The van der Waals surface area contributed by atoms with Gasteiger partial charge in [-0.15, -0.1) is 0 Å². The van der Waals surface area contributed by atoms with Gasteiger partial charge in [-0.2, -0.15) is 0 Å². The van der Waals surface area contributed by atoms with E-state index in [-0.39, 0.29) is 11.8 Å². The predicted octanol–water partition coefficient (Wildman–Crippen LogP) is 2.33. The van der Waals surface area contributed by atoms with Crippen molar-refractivity contribution in [2.24, 2.45) is 11.8 Å². The molecule has 2 rings (SSSR count). The van der Waals surface area contributed by atoms with Crippen molar-refractivity contribution in [3.05, 3.63) is 0 Å². The fourth-order valence-corrected chi connectivity index (χ4v) is 3.52. The summed E-state index contributed by atoms with van der Waals surface area (Å²) < 4.78 is 0. The van der Waals surface area contributed by atoms with Crippen molar-refractivity contribution in [1.29, 1.82) is 0 Å². The first-order chi connectivity index (χ1) is 9.31. The van der Waals surface area contributed by atoms with E-state index < -0.39 is 11.1 Å². The minimum absolute atomic E-state index is 0.0390. The molecule has 0 aromatic rings. The summed E-state index contributed by atoms with van der Waals surface area (Å²) in [5.41, 5.74) is -1.34. The molecule has 2 aliphatic rings. The molecule has 1 heterocycles. The molecule has 4 nitrogen and oxygen atoms in total. The van der Waals surface area contributed by atoms with E-state index in [2.05, 4.69) is 19.2 Å². The van der Waals surface area contributed by atoms with Gasteiger partial charge in [-0.3, -0.25) is 9.59 Å². The minimum Gasteiger partial charge on any atom is -0.340 e. The molecule has 1 aliphatic heterocycles. The average Bonchev–Trinajstić information content (AvgIpc) is 3.21. The number of carbonyl (C=O) groups is 2. The Hall–Kier alpha value is -1.06. The van der Waals surface area contributed by atoms with Crippen LogP contribution in [0.25, 0.3) is 0 Å². The van der Waals surface area contributed by atoms with Crippen LogP contribution in [0.15, 0.2) is 0 Å². The highest BCUT2D eigenvalue weighted by Gasteiger charge is 2.59. The quantitative estimate of drug-likeness (QED) is 0.840. The minimum atomic E-state index is -0.681. The topological polar surface area (TPSA) is 49.4 Å². The third-order valence-electron chi connectivity index (χ3n) is 5.11. The monoisotopic (exact) mass is 280 g/mol. The van der Waals surface area contributed by atoms with E-state index in [1.54, 1.807) is 0 Å². The van der Waals surface area contributed by atoms with Gasteiger partial charge in [0, 0.05) is 6.54 Å². The molecule has 1 aliphatic carbocycles. The molecule has 0 spiro atoms. The van der Waals surface area contributed by atoms with Crippen molar-refractivity contribution in [2.75, 3.05) is 6.54 Å². The van der Waals surface area contributed by atoms with Gasteiger partial charge in [0.2, 0.25) is 11.8 Å². The lowest BCUT2D eigenvalue weighted by molar-refractivity contribution is -0.165. The Morgan fingerprint density at radius 3 is 2.20 bits per heavy atom. The molecule has 1 saturated heterocycles. The first kappa shape index (κ1) is 15.3. The van der Waals surface area contributed by atoms with Crippen LogP contribution < -0.4 is 5.32 Å². The normalized spacial score (nSPS) is 29.8. The average molecular weight is 280 g/mol. The Bertz CT molecular complexity index is 411. The summed E-state index contributed by atoms with van der Waals surface area (Å²) in [5.74, 6) is 0.847. The summed E-state index contributed by atoms with van der Waals surface area (Å²) in [4.78, 5) is 27.7. The fraction of sp³-hybridized carbons (Fsp3) is 0.875. The summed E-state index contributed by atoms with van der Waals surface area (Å²) in [6, 6.07) is 0. The zero-order valence-corrected chi connectivity index (χ0v) is 13.5. The van der Waals surface area contributed by atoms with Gasteiger partial charge in [0.15, 0.2) is 0 Å². The van der Waals surface area contributed by atoms with Gasteiger partial charge in [-0.1, -0.05) is 27.7 Å². The van der Waals surface area contributed by atoms with E-state index >= 15 is 0 Å². The third-order valence-corrected chi connectivity index (χ3v) is 5.11. The molecule has 2 amide bonds. The number of piperazine rings is 1. The maximum Gasteiger partial charge on any atom is 0.249 e. The number of rotatable bonds is 5. The highest BCUT2D eigenvalue weighted by Crippen LogP contribution is 2.44. The van der Waals surface area contributed by atoms with Gasteiger partial charge in [0.05, 0.1) is 0 Å². The van der Waals surface area contributed by atoms with Gasteiger partial charge in [0.25, 0.3) is 0 Å². The maximum atomic E-state index is 13.1. The number of amides is 2. The highest BCUT2D eigenvalue weighted by molar-refractivity contribution is 6.02. The van der Waals surface area contributed by atoms with Gasteiger partial charge in [-0.25, -0.2) is 0 Å². The number of hydrogen-bond acceptors (Lipinski definition) is 2. The molecule has 1 unspecified atom stereocenters. The van der Waals surface area contributed by atoms with Crippen LogP contribution in [0, 0.1) is 11.8 Å². The van der Waals surface area contributed by atoms with Crippen LogP contribution in [0.3, 0.4) is 0 Å². The summed E-state index contributed by atoms with van der Waals surface area (Å²) >= 11 is 0. The second kappa shape index (κ2) is 5.05. The molecule has 1 N–H and O–H groups in total. The molecular formula is C16H28N2O2. The van der Waals surface area contributed by atoms with E-state index in [9.17, 15) is 9.59 Å². The summed E-state index contributed by atoms with van der Waals surface area (Å²) in [6.45, 7) is 10.8. The van der Waals surface area contributed by atoms with Crippen molar-refractivity contribution in [1.82, 2.24) is 10.2 Å². The SMILES string of the molecule is CCC1(CC)C(=O)NC(C)(C2CC2)C(=O)N1CC(C)C. The van der Waals surface area contributed by atoms with Crippen molar-refractivity contribution < 1.29 is 9.59 Å². The highest BCUT2D eigenvalue weighted by atomic mass is 16.2. The Labute approximate surface area is 122 Å². The second-order valence-corrected chi connectivity index (χ2v) is 6.98. The molecule has 0 bridgehead atoms. The third kappa shape index (κ3) is 2.13. The van der Waals surface area contributed by atoms with Crippen LogP contribution in [0.4, 0.5) is 0 Å². The summed E-state index contributed by atoms with van der Waals surface area (Å²) in [7, 11) is 0. The molecule has 4 heteroatoms. The van der Waals surface area contributed by atoms with Crippen molar-refractivity contribution in [2.45, 2.75) is 71.4 Å². The number of hydrogen-bond donors (Lipinski definition) is 1. The van der Waals surface area contributed by atoms with E-state index in [1.165, 1.54) is 0 Å². The van der Waals surface area contributed by atoms with E-state index in [4.69, 9.17) is 0 Å². The molecule has 0 aromatic heterocycles. The van der Waals surface area contributed by atoms with E-state index in [0.29, 0.717) is 31.2 Å². The van der Waals surface area contributed by atoms with Crippen molar-refractivity contribution >= 4 is 11.8 Å². The molecule has 0 radical (unpaired) electrons. The van der Waals surface area contributed by atoms with Crippen molar-refractivity contribution in [3.8, 4) is 0 Å². The first-order valence-electron chi connectivity index (χ1n) is 7.96. The van der Waals surface area contributed by atoms with Gasteiger partial charge < -0.3 is 10.2 Å². The number of nitrogens with zero attached hydrogens (tertiary/aromatic N) is 1. The van der Waals surface area contributed by atoms with E-state index in [1.807, 2.05) is 25.7 Å². The van der Waals surface area contributed by atoms with Gasteiger partial charge >= 0.3 is 0 Å². The molecule has 0 aromatic carbocycles. The largest absolute Gasteiger partial charge is 0.340 e. The lowest BCUT2D eigenvalue weighted by Crippen LogP contribution is -2.75. The van der Waals surface area contributed by atoms with Crippen LogP contribution in [-0.2, 0) is 9.59 Å². The molecule has 20 heavy (non-hydrogen) atoms. The molecular weight excluding hydrogens is 252 g/mol. The van der Waals surface area contributed by atoms with Gasteiger partial charge in [-0.05, 0) is 44.4 Å². The van der Waals surface area contributed by atoms with Crippen LogP contribution in [0.5, 0.6) is 0 Å². The Kier molecular flexibility index (Phi) is 3.87. The van der Waals surface area contributed by atoms with Crippen LogP contribution in [-0.4, -0.2) is 34.3 Å². The summed E-state index contributed by atoms with van der Waals surface area (Å²) in [5, 5.41) is 3.07. The zero-order chi connectivity index (χ0) is 15.1. The standard InChI is InChI=1S/C16H28N2O2/c1-6-16(7-2)13(19)17-15(5,12-8-9-12)14(20)18(16)10-11(3)4/h11-12H,6-10H2,1-5H3,(H,17,19). The zero-order valence-electron chi connectivity index (χ0n) is 13.5. The van der Waals surface area contributed by atoms with Crippen LogP contribution in [0.1, 0.15) is 60.3 Å². The number of nitrogens with one attached hydrogen (secondary N) is 1. The summed E-state index contributed by atoms with van der Waals surface area (Å²) in [6.07, 6.45) is 3.44. The first-order valence-corrected chi connectivity index (χ1v) is 7.96. The smallest absolute Gasteiger partial charge is 0.249 e. The predicted molar refractivity (Wildman–Crippen MR) is 79.1 cm³/mol. The maximum absolute atomic E-state index is 13.1. The number of carbonyl (C=O) groups excluding carboxylic acids is 2. The van der Waals surface area contributed by atoms with Crippen LogP contribution in [0.2, 0.25) is 0 Å².